The van der Waals surface area contributed by atoms with Gasteiger partial charge in [0, 0.05) is 30.2 Å². The molecule has 1 aliphatic heterocycles. The molecule has 6 nitrogen and oxygen atoms in total. The van der Waals surface area contributed by atoms with Crippen LogP contribution in [-0.4, -0.2) is 46.5 Å². The summed E-state index contributed by atoms with van der Waals surface area (Å²) in [6.45, 7) is 9.46. The van der Waals surface area contributed by atoms with E-state index in [-0.39, 0.29) is 5.91 Å². The Balaban J connectivity index is 1.10. The van der Waals surface area contributed by atoms with E-state index in [0.29, 0.717) is 30.5 Å². The number of para-hydroxylation sites is 2. The molecule has 0 aliphatic carbocycles. The van der Waals surface area contributed by atoms with E-state index in [2.05, 4.69) is 34.6 Å². The second kappa shape index (κ2) is 14.0. The summed E-state index contributed by atoms with van der Waals surface area (Å²) in [6, 6.07) is 23.9. The first kappa shape index (κ1) is 29.2. The number of aromatic nitrogens is 2. The predicted molar refractivity (Wildman–Crippen MR) is 168 cm³/mol. The lowest BCUT2D eigenvalue weighted by Crippen LogP contribution is -2.36. The monoisotopic (exact) mass is 572 g/mol. The van der Waals surface area contributed by atoms with Gasteiger partial charge in [0.2, 0.25) is 5.91 Å². The van der Waals surface area contributed by atoms with Crippen molar-refractivity contribution in [2.75, 3.05) is 31.1 Å². The van der Waals surface area contributed by atoms with Gasteiger partial charge in [0.15, 0.2) is 0 Å². The van der Waals surface area contributed by atoms with Crippen molar-refractivity contribution in [3.63, 3.8) is 0 Å². The summed E-state index contributed by atoms with van der Waals surface area (Å²) in [5.74, 6) is 2.60. The predicted octanol–water partition coefficient (Wildman–Crippen LogP) is 7.51. The highest BCUT2D eigenvalue weighted by atomic mass is 35.5. The average Bonchev–Trinajstić information content (AvgIpc) is 3.36. The number of carbonyl (C=O) groups is 1. The van der Waals surface area contributed by atoms with Crippen LogP contribution in [0.2, 0.25) is 5.02 Å². The summed E-state index contributed by atoms with van der Waals surface area (Å²) < 4.78 is 8.39. The van der Waals surface area contributed by atoms with Crippen LogP contribution in [0.1, 0.15) is 50.4 Å². The zero-order valence-corrected chi connectivity index (χ0v) is 25.0. The fraction of sp³-hybridized carbons (Fsp3) is 0.412. The van der Waals surface area contributed by atoms with E-state index in [1.807, 2.05) is 66.4 Å². The number of benzene rings is 3. The molecule has 0 spiro atoms. The number of hydrogen-bond acceptors (Lipinski definition) is 4. The average molecular weight is 573 g/mol. The second-order valence-corrected chi connectivity index (χ2v) is 11.5. The lowest BCUT2D eigenvalue weighted by molar-refractivity contribution is -0.118. The van der Waals surface area contributed by atoms with Gasteiger partial charge in [-0.1, -0.05) is 41.9 Å². The van der Waals surface area contributed by atoms with Crippen LogP contribution in [0.15, 0.2) is 72.8 Å². The van der Waals surface area contributed by atoms with Crippen molar-refractivity contribution in [3.05, 3.63) is 89.2 Å². The van der Waals surface area contributed by atoms with Crippen LogP contribution in [0, 0.1) is 12.8 Å². The quantitative estimate of drug-likeness (QED) is 0.176. The molecule has 1 fully saturated rings. The Labute approximate surface area is 248 Å². The Morgan fingerprint density at radius 2 is 1.76 bits per heavy atom. The number of amides is 1. The normalized spacial score (nSPS) is 14.4. The summed E-state index contributed by atoms with van der Waals surface area (Å²) in [5, 5.41) is 0.698. The molecule has 0 atom stereocenters. The maximum Gasteiger partial charge on any atom is 0.226 e. The third-order valence-electron chi connectivity index (χ3n) is 8.26. The molecule has 1 aromatic heterocycles. The van der Waals surface area contributed by atoms with Crippen molar-refractivity contribution in [3.8, 4) is 5.75 Å². The number of anilines is 1. The van der Waals surface area contributed by atoms with Crippen molar-refractivity contribution < 1.29 is 9.53 Å². The van der Waals surface area contributed by atoms with Crippen LogP contribution in [0.4, 0.5) is 5.69 Å². The highest BCUT2D eigenvalue weighted by Gasteiger charge is 2.22. The fourth-order valence-electron chi connectivity index (χ4n) is 5.90. The molecule has 3 aromatic carbocycles. The maximum atomic E-state index is 12.9. The lowest BCUT2D eigenvalue weighted by Gasteiger charge is -2.32. The van der Waals surface area contributed by atoms with Gasteiger partial charge in [0.25, 0.3) is 0 Å². The van der Waals surface area contributed by atoms with Crippen LogP contribution >= 0.6 is 11.6 Å². The zero-order valence-electron chi connectivity index (χ0n) is 24.3. The minimum Gasteiger partial charge on any atom is -0.486 e. The largest absolute Gasteiger partial charge is 0.486 e. The number of fused-ring (bicyclic) bond motifs is 1. The number of rotatable bonds is 12. The number of aryl methyl sites for hydroxylation is 2. The van der Waals surface area contributed by atoms with E-state index in [1.165, 1.54) is 11.1 Å². The van der Waals surface area contributed by atoms with Crippen LogP contribution in [0.5, 0.6) is 5.75 Å². The summed E-state index contributed by atoms with van der Waals surface area (Å²) in [7, 11) is 0. The number of piperidine rings is 1. The fourth-order valence-corrected chi connectivity index (χ4v) is 6.02. The number of nitrogens with zero attached hydrogens (tertiary/aromatic N) is 4. The van der Waals surface area contributed by atoms with Gasteiger partial charge >= 0.3 is 0 Å². The molecule has 1 amide bonds. The molecule has 41 heavy (non-hydrogen) atoms. The minimum atomic E-state index is 0.236. The first-order valence-electron chi connectivity index (χ1n) is 14.9. The molecular formula is C34H41ClN4O2. The summed E-state index contributed by atoms with van der Waals surface area (Å²) in [6.07, 6.45) is 4.99. The first-order valence-corrected chi connectivity index (χ1v) is 15.3. The van der Waals surface area contributed by atoms with Gasteiger partial charge in [0.1, 0.15) is 18.2 Å². The molecule has 0 radical (unpaired) electrons. The van der Waals surface area contributed by atoms with Crippen molar-refractivity contribution in [1.82, 2.24) is 14.5 Å². The van der Waals surface area contributed by atoms with Crippen molar-refractivity contribution >= 4 is 34.2 Å². The molecule has 216 valence electrons. The third kappa shape index (κ3) is 7.49. The highest BCUT2D eigenvalue weighted by Crippen LogP contribution is 2.25. The van der Waals surface area contributed by atoms with E-state index >= 15 is 0 Å². The van der Waals surface area contributed by atoms with Gasteiger partial charge in [-0.15, -0.1) is 0 Å². The Kier molecular flexibility index (Phi) is 9.97. The van der Waals surface area contributed by atoms with Crippen LogP contribution in [0.3, 0.4) is 0 Å². The molecule has 1 aliphatic rings. The first-order chi connectivity index (χ1) is 20.0. The zero-order chi connectivity index (χ0) is 28.6. The molecule has 0 unspecified atom stereocenters. The van der Waals surface area contributed by atoms with Crippen molar-refractivity contribution in [2.45, 2.75) is 59.1 Å². The number of likely N-dealkylation sites (tertiary alicyclic amines) is 1. The van der Waals surface area contributed by atoms with Crippen LogP contribution in [-0.2, 0) is 17.9 Å². The standard InChI is InChI=1S/C34H41ClN4O2/c1-3-38(29-10-5-4-6-11-29)33(40)18-13-27-19-23-37(24-20-27)21-8-22-39-31-12-7-9-26(2)34(31)36-32(39)25-41-30-16-14-28(35)15-17-30/h4-7,9-12,14-17,27H,3,8,13,18-25H2,1-2H3. The van der Waals surface area contributed by atoms with Gasteiger partial charge in [-0.2, -0.15) is 0 Å². The molecule has 5 rings (SSSR count). The number of carbonyl (C=O) groups excluding carboxylic acids is 1. The van der Waals surface area contributed by atoms with Crippen molar-refractivity contribution in [1.29, 1.82) is 0 Å². The van der Waals surface area contributed by atoms with Gasteiger partial charge in [0.05, 0.1) is 11.0 Å². The molecule has 0 N–H and O–H groups in total. The van der Waals surface area contributed by atoms with Crippen LogP contribution in [0.25, 0.3) is 11.0 Å². The van der Waals surface area contributed by atoms with Gasteiger partial charge < -0.3 is 19.1 Å². The highest BCUT2D eigenvalue weighted by molar-refractivity contribution is 6.30. The summed E-state index contributed by atoms with van der Waals surface area (Å²) in [4.78, 5) is 22.4. The Morgan fingerprint density at radius 1 is 1.00 bits per heavy atom. The molecule has 0 bridgehead atoms. The van der Waals surface area contributed by atoms with Gasteiger partial charge in [-0.3, -0.25) is 4.79 Å². The SMILES string of the molecule is CCN(C(=O)CCC1CCN(CCCn2c(COc3ccc(Cl)cc3)nc3c(C)cccc32)CC1)c1ccccc1. The Bertz CT molecular complexity index is 1410. The molecule has 2 heterocycles. The van der Waals surface area contributed by atoms with Crippen LogP contribution < -0.4 is 9.64 Å². The Morgan fingerprint density at radius 3 is 2.49 bits per heavy atom. The summed E-state index contributed by atoms with van der Waals surface area (Å²) in [5.41, 5.74) is 4.39. The third-order valence-corrected chi connectivity index (χ3v) is 8.51. The second-order valence-electron chi connectivity index (χ2n) is 11.0. The molecule has 7 heteroatoms. The van der Waals surface area contributed by atoms with E-state index in [1.54, 1.807) is 0 Å². The topological polar surface area (TPSA) is 50.6 Å². The van der Waals surface area contributed by atoms with E-state index < -0.39 is 0 Å². The molecule has 0 saturated carbocycles. The van der Waals surface area contributed by atoms with Crippen molar-refractivity contribution in [2.24, 2.45) is 5.92 Å². The van der Waals surface area contributed by atoms with E-state index in [4.69, 9.17) is 21.3 Å². The smallest absolute Gasteiger partial charge is 0.226 e. The maximum absolute atomic E-state index is 12.9. The summed E-state index contributed by atoms with van der Waals surface area (Å²) >= 11 is 6.03. The Hall–Kier alpha value is -3.35. The number of imidazole rings is 1. The number of hydrogen-bond donors (Lipinski definition) is 0. The molecule has 1 saturated heterocycles. The lowest BCUT2D eigenvalue weighted by atomic mass is 9.92. The number of ether oxygens (including phenoxy) is 1. The number of halogens is 1. The van der Waals surface area contributed by atoms with Gasteiger partial charge in [-0.25, -0.2) is 4.98 Å². The van der Waals surface area contributed by atoms with E-state index in [9.17, 15) is 4.79 Å². The van der Waals surface area contributed by atoms with Gasteiger partial charge in [-0.05, 0) is 113 Å². The molecule has 4 aromatic rings. The van der Waals surface area contributed by atoms with E-state index in [0.717, 1.165) is 74.6 Å². The minimum absolute atomic E-state index is 0.236. The molecular weight excluding hydrogens is 532 g/mol.